The van der Waals surface area contributed by atoms with Crippen molar-refractivity contribution in [2.24, 2.45) is 0 Å². The average molecular weight is 409 g/mol. The van der Waals surface area contributed by atoms with Crippen LogP contribution in [-0.4, -0.2) is 23.0 Å². The Morgan fingerprint density at radius 3 is 2.28 bits per heavy atom. The van der Waals surface area contributed by atoms with E-state index in [0.717, 1.165) is 32.9 Å². The summed E-state index contributed by atoms with van der Waals surface area (Å²) in [7, 11) is 0. The summed E-state index contributed by atoms with van der Waals surface area (Å²) in [6, 6.07) is 13.5. The normalized spacial score (nSPS) is 11.8. The van der Waals surface area contributed by atoms with E-state index >= 15 is 0 Å². The summed E-state index contributed by atoms with van der Waals surface area (Å²) in [5.74, 6) is -0.912. The van der Waals surface area contributed by atoms with E-state index in [1.54, 1.807) is 6.92 Å². The number of aryl methyl sites for hydroxylation is 4. The molecule has 0 saturated carbocycles. The van der Waals surface area contributed by atoms with Crippen LogP contribution in [0.4, 0.5) is 5.69 Å². The number of esters is 1. The van der Waals surface area contributed by atoms with Crippen molar-refractivity contribution in [1.29, 1.82) is 0 Å². The molecule has 1 N–H and O–H groups in total. The first kappa shape index (κ1) is 20.7. The smallest absolute Gasteiger partial charge is 0.351 e. The van der Waals surface area contributed by atoms with Crippen LogP contribution in [0.1, 0.15) is 38.3 Å². The number of rotatable bonds is 5. The summed E-state index contributed by atoms with van der Waals surface area (Å²) in [6.45, 7) is 9.31. The van der Waals surface area contributed by atoms with Crippen molar-refractivity contribution in [2.75, 3.05) is 5.32 Å². The van der Waals surface area contributed by atoms with Crippen LogP contribution in [0.5, 0.6) is 0 Å². The van der Waals surface area contributed by atoms with E-state index in [4.69, 9.17) is 4.74 Å². The van der Waals surface area contributed by atoms with Crippen molar-refractivity contribution in [1.82, 2.24) is 4.98 Å². The molecule has 0 radical (unpaired) electrons. The lowest BCUT2D eigenvalue weighted by Crippen LogP contribution is -2.30. The molecule has 0 spiro atoms. The number of carbonyl (C=O) groups excluding carboxylic acids is 2. The number of nitrogens with zero attached hydrogens (tertiary/aromatic N) is 1. The van der Waals surface area contributed by atoms with E-state index < -0.39 is 12.1 Å². The van der Waals surface area contributed by atoms with Crippen molar-refractivity contribution >= 4 is 28.9 Å². The number of hydrogen-bond donors (Lipinski definition) is 1. The highest BCUT2D eigenvalue weighted by Gasteiger charge is 2.25. The second-order valence-electron chi connectivity index (χ2n) is 7.09. The van der Waals surface area contributed by atoms with E-state index in [1.165, 1.54) is 11.3 Å². The lowest BCUT2D eigenvalue weighted by atomic mass is 10.0. The van der Waals surface area contributed by atoms with Gasteiger partial charge in [0, 0.05) is 11.3 Å². The number of nitrogens with one attached hydrogen (secondary N) is 1. The summed E-state index contributed by atoms with van der Waals surface area (Å²) >= 11 is 1.26. The van der Waals surface area contributed by atoms with Gasteiger partial charge in [-0.05, 0) is 45.7 Å². The van der Waals surface area contributed by atoms with Crippen LogP contribution >= 0.6 is 11.3 Å². The third kappa shape index (κ3) is 4.71. The van der Waals surface area contributed by atoms with Gasteiger partial charge in [0.25, 0.3) is 5.91 Å². The quantitative estimate of drug-likeness (QED) is 0.587. The predicted molar refractivity (Wildman–Crippen MR) is 116 cm³/mol. The van der Waals surface area contributed by atoms with Gasteiger partial charge in [0.2, 0.25) is 0 Å². The molecule has 1 heterocycles. The average Bonchev–Trinajstić information content (AvgIpc) is 3.07. The third-order valence-corrected chi connectivity index (χ3v) is 5.50. The van der Waals surface area contributed by atoms with Gasteiger partial charge in [0.1, 0.15) is 4.88 Å². The minimum atomic E-state index is -0.936. The van der Waals surface area contributed by atoms with Crippen LogP contribution in [-0.2, 0) is 9.53 Å². The zero-order valence-electron chi connectivity index (χ0n) is 17.2. The van der Waals surface area contributed by atoms with E-state index in [9.17, 15) is 9.59 Å². The van der Waals surface area contributed by atoms with E-state index in [1.807, 2.05) is 70.2 Å². The Kier molecular flexibility index (Phi) is 6.13. The zero-order chi connectivity index (χ0) is 21.1. The van der Waals surface area contributed by atoms with Crippen LogP contribution in [0, 0.1) is 27.7 Å². The summed E-state index contributed by atoms with van der Waals surface area (Å²) in [4.78, 5) is 30.3. The summed E-state index contributed by atoms with van der Waals surface area (Å²) in [5, 5.41) is 3.65. The molecule has 0 unspecified atom stereocenters. The molecule has 150 valence electrons. The summed E-state index contributed by atoms with van der Waals surface area (Å²) in [6.07, 6.45) is -0.936. The number of amides is 1. The molecular formula is C23H24N2O3S. The second kappa shape index (κ2) is 8.57. The van der Waals surface area contributed by atoms with Gasteiger partial charge in [-0.15, -0.1) is 11.3 Å². The fraction of sp³-hybridized carbons (Fsp3) is 0.261. The number of aromatic nitrogens is 1. The lowest BCUT2D eigenvalue weighted by molar-refractivity contribution is -0.123. The highest BCUT2D eigenvalue weighted by atomic mass is 32.1. The standard InChI is InChI=1S/C23H24N2O3S/c1-13-11-14(2)19(15(3)12-13)25-22(26)16(4)28-23(27)21-20(24-17(5)29-21)18-9-7-6-8-10-18/h6-12,16H,1-5H3,(H,25,26)/t16-/m0/s1. The summed E-state index contributed by atoms with van der Waals surface area (Å²) < 4.78 is 5.47. The van der Waals surface area contributed by atoms with Gasteiger partial charge in [0.05, 0.1) is 10.7 Å². The molecule has 1 aromatic heterocycles. The van der Waals surface area contributed by atoms with Crippen LogP contribution in [0.25, 0.3) is 11.3 Å². The molecule has 5 nitrogen and oxygen atoms in total. The van der Waals surface area contributed by atoms with Gasteiger partial charge in [-0.3, -0.25) is 4.79 Å². The first-order valence-electron chi connectivity index (χ1n) is 9.38. The van der Waals surface area contributed by atoms with Gasteiger partial charge in [0.15, 0.2) is 6.10 Å². The molecule has 3 rings (SSSR count). The Hall–Kier alpha value is -2.99. The molecule has 6 heteroatoms. The first-order chi connectivity index (χ1) is 13.8. The summed E-state index contributed by atoms with van der Waals surface area (Å²) in [5.41, 5.74) is 5.24. The number of hydrogen-bond acceptors (Lipinski definition) is 5. The molecule has 0 aliphatic heterocycles. The van der Waals surface area contributed by atoms with Gasteiger partial charge in [-0.25, -0.2) is 9.78 Å². The Morgan fingerprint density at radius 2 is 1.66 bits per heavy atom. The minimum absolute atomic E-state index is 0.365. The Bertz CT molecular complexity index is 1030. The lowest BCUT2D eigenvalue weighted by Gasteiger charge is -2.16. The fourth-order valence-corrected chi connectivity index (χ4v) is 4.05. The molecule has 1 atom stereocenters. The molecule has 0 saturated heterocycles. The number of benzene rings is 2. The van der Waals surface area contributed by atoms with Gasteiger partial charge in [-0.2, -0.15) is 0 Å². The highest BCUT2D eigenvalue weighted by molar-refractivity contribution is 7.14. The molecule has 29 heavy (non-hydrogen) atoms. The Morgan fingerprint density at radius 1 is 1.03 bits per heavy atom. The minimum Gasteiger partial charge on any atom is -0.448 e. The number of ether oxygens (including phenoxy) is 1. The Balaban J connectivity index is 1.76. The van der Waals surface area contributed by atoms with Crippen molar-refractivity contribution in [3.05, 3.63) is 69.0 Å². The highest BCUT2D eigenvalue weighted by Crippen LogP contribution is 2.29. The molecule has 0 bridgehead atoms. The second-order valence-corrected chi connectivity index (χ2v) is 8.29. The monoisotopic (exact) mass is 408 g/mol. The van der Waals surface area contributed by atoms with Gasteiger partial charge in [-0.1, -0.05) is 48.0 Å². The van der Waals surface area contributed by atoms with Crippen molar-refractivity contribution in [2.45, 2.75) is 40.7 Å². The molecule has 2 aromatic carbocycles. The molecule has 0 aliphatic carbocycles. The Labute approximate surface area is 174 Å². The zero-order valence-corrected chi connectivity index (χ0v) is 18.0. The SMILES string of the molecule is Cc1cc(C)c(NC(=O)[C@H](C)OC(=O)c2sc(C)nc2-c2ccccc2)c(C)c1. The van der Waals surface area contributed by atoms with Gasteiger partial charge >= 0.3 is 5.97 Å². The molecule has 0 fully saturated rings. The number of thiazole rings is 1. The van der Waals surface area contributed by atoms with Crippen LogP contribution in [0.3, 0.4) is 0 Å². The maximum atomic E-state index is 12.8. The third-order valence-electron chi connectivity index (χ3n) is 4.54. The van der Waals surface area contributed by atoms with Crippen LogP contribution < -0.4 is 5.32 Å². The van der Waals surface area contributed by atoms with Gasteiger partial charge < -0.3 is 10.1 Å². The number of anilines is 1. The van der Waals surface area contributed by atoms with E-state index in [0.29, 0.717) is 10.6 Å². The van der Waals surface area contributed by atoms with Crippen molar-refractivity contribution in [3.8, 4) is 11.3 Å². The van der Waals surface area contributed by atoms with Crippen molar-refractivity contribution < 1.29 is 14.3 Å². The molecule has 3 aromatic rings. The maximum Gasteiger partial charge on any atom is 0.351 e. The van der Waals surface area contributed by atoms with Crippen molar-refractivity contribution in [3.63, 3.8) is 0 Å². The topological polar surface area (TPSA) is 68.3 Å². The largest absolute Gasteiger partial charge is 0.448 e. The van der Waals surface area contributed by atoms with E-state index in [-0.39, 0.29) is 5.91 Å². The number of carbonyl (C=O) groups is 2. The first-order valence-corrected chi connectivity index (χ1v) is 10.2. The molecular weight excluding hydrogens is 384 g/mol. The molecule has 0 aliphatic rings. The fourth-order valence-electron chi connectivity index (χ4n) is 3.23. The van der Waals surface area contributed by atoms with Crippen LogP contribution in [0.15, 0.2) is 42.5 Å². The maximum absolute atomic E-state index is 12.8. The van der Waals surface area contributed by atoms with Crippen LogP contribution in [0.2, 0.25) is 0 Å². The predicted octanol–water partition coefficient (Wildman–Crippen LogP) is 5.23. The van der Waals surface area contributed by atoms with E-state index in [2.05, 4.69) is 10.3 Å². The molecule has 1 amide bonds.